The second-order valence-electron chi connectivity index (χ2n) is 9.74. The van der Waals surface area contributed by atoms with Gasteiger partial charge in [0.1, 0.15) is 0 Å². The summed E-state index contributed by atoms with van der Waals surface area (Å²) in [5, 5.41) is 16.5. The molecule has 0 atom stereocenters. The highest BCUT2D eigenvalue weighted by molar-refractivity contribution is 5.97. The van der Waals surface area contributed by atoms with Gasteiger partial charge < -0.3 is 10.2 Å². The van der Waals surface area contributed by atoms with Crippen molar-refractivity contribution in [2.24, 2.45) is 5.41 Å². The minimum absolute atomic E-state index is 1.14. The SMILES string of the molecule is CC#CC#CC#CC#CC#CC#CC#CC#CC#CC#CC#CC#CC#CC#CC#CC#CC#CC#CC#CC#CC#CC#CC#CC#CC#CC#CC#CC#CC#CC.CC(C)(C(=O)O)C(=O)O. The highest BCUT2D eigenvalue weighted by Crippen LogP contribution is 2.14. The van der Waals surface area contributed by atoms with E-state index >= 15 is 0 Å². The van der Waals surface area contributed by atoms with E-state index in [1.54, 1.807) is 13.8 Å². The van der Waals surface area contributed by atoms with Crippen LogP contribution in [0.15, 0.2) is 0 Å². The normalized spacial score (nSPS) is 4.87. The zero-order valence-corrected chi connectivity index (χ0v) is 36.2. The first-order chi connectivity index (χ1) is 33.8. The summed E-state index contributed by atoms with van der Waals surface area (Å²) >= 11 is 0. The maximum atomic E-state index is 10.1. The largest absolute Gasteiger partial charge is 0.480 e. The van der Waals surface area contributed by atoms with Crippen LogP contribution < -0.4 is 0 Å². The van der Waals surface area contributed by atoms with Gasteiger partial charge in [-0.2, -0.15) is 0 Å². The molecule has 4 nitrogen and oxygen atoms in total. The summed E-state index contributed by atoms with van der Waals surface area (Å²) in [4.78, 5) is 20.2. The average molecular weight is 859 g/mol. The number of hydrogen-bond acceptors (Lipinski definition) is 2. The van der Waals surface area contributed by atoms with Crippen LogP contribution in [0.5, 0.6) is 0 Å². The molecule has 4 heteroatoms. The lowest BCUT2D eigenvalue weighted by atomic mass is 9.95. The van der Waals surface area contributed by atoms with Gasteiger partial charge in [-0.25, -0.2) is 0 Å². The van der Waals surface area contributed by atoms with E-state index in [-0.39, 0.29) is 0 Å². The molecule has 0 rings (SSSR count). The Morgan fingerprint density at radius 2 is 0.275 bits per heavy atom. The third-order valence-corrected chi connectivity index (χ3v) is 4.76. The van der Waals surface area contributed by atoms with E-state index in [0.29, 0.717) is 0 Å². The average Bonchev–Trinajstić information content (AvgIpc) is 3.34. The van der Waals surface area contributed by atoms with Gasteiger partial charge in [-0.15, -0.1) is 0 Å². The van der Waals surface area contributed by atoms with Crippen LogP contribution in [0.1, 0.15) is 27.7 Å². The van der Waals surface area contributed by atoms with Crippen LogP contribution in [0.3, 0.4) is 0 Å². The molecule has 0 aromatic carbocycles. The van der Waals surface area contributed by atoms with Crippen LogP contribution in [0.2, 0.25) is 0 Å². The molecule has 0 amide bonds. The van der Waals surface area contributed by atoms with Gasteiger partial charge in [-0.3, -0.25) is 9.59 Å². The van der Waals surface area contributed by atoms with Crippen molar-refractivity contribution in [2.45, 2.75) is 27.7 Å². The molecule has 0 aliphatic rings. The molecule has 69 heavy (non-hydrogen) atoms. The summed E-state index contributed by atoms with van der Waals surface area (Å²) in [6, 6.07) is 0. The third-order valence-electron chi connectivity index (χ3n) is 4.76. The van der Waals surface area contributed by atoms with Crippen LogP contribution in [0, 0.1) is 349 Å². The lowest BCUT2D eigenvalue weighted by Gasteiger charge is -2.10. The van der Waals surface area contributed by atoms with Gasteiger partial charge in [-0.1, -0.05) is 11.8 Å². The van der Waals surface area contributed by atoms with Crippen molar-refractivity contribution in [1.82, 2.24) is 0 Å². The Bertz CT molecular complexity index is 3860. The Hall–Kier alpha value is -13.8. The van der Waals surface area contributed by atoms with Crippen LogP contribution in [0.25, 0.3) is 0 Å². The first-order valence-electron chi connectivity index (χ1n) is 17.6. The third kappa shape index (κ3) is 48.4. The van der Waals surface area contributed by atoms with Gasteiger partial charge in [0.25, 0.3) is 0 Å². The highest BCUT2D eigenvalue weighted by Gasteiger charge is 2.35. The van der Waals surface area contributed by atoms with E-state index in [1.807, 2.05) is 0 Å². The fourth-order valence-electron chi connectivity index (χ4n) is 1.90. The van der Waals surface area contributed by atoms with E-state index < -0.39 is 17.4 Å². The smallest absolute Gasteiger partial charge is 0.320 e. The minimum Gasteiger partial charge on any atom is -0.480 e. The zero-order chi connectivity index (χ0) is 50.7. The van der Waals surface area contributed by atoms with Gasteiger partial charge in [0, 0.05) is 237 Å². The molecule has 0 unspecified atom stereocenters. The van der Waals surface area contributed by atoms with Crippen LogP contribution >= 0.6 is 0 Å². The Labute approximate surface area is 406 Å². The van der Waals surface area contributed by atoms with Crippen molar-refractivity contribution in [3.8, 4) is 343 Å². The number of rotatable bonds is 2. The number of hydrogen-bond donors (Lipinski definition) is 2. The lowest BCUT2D eigenvalue weighted by Crippen LogP contribution is -2.32. The van der Waals surface area contributed by atoms with Crippen LogP contribution in [0.4, 0.5) is 0 Å². The Balaban J connectivity index is 0. The second kappa shape index (κ2) is 48.5. The molecule has 0 spiro atoms. The Morgan fingerprint density at radius 3 is 0.319 bits per heavy atom. The standard InChI is InChI=1S/C60H6.C5H8O4/c1-3-5-7-9-11-13-15-17-19-21-23-25-27-29-31-33-35-37-39-41-43-45-47-49-51-53-55-57-59-60-58-56-54-52-50-48-46-44-42-40-38-36-34-32-30-28-26-24-22-20-18-16-14-12-10-8-6-4-2;1-5(2,3(6)7)4(8)9/h1-2H3;1-2H3,(H,6,7)(H,8,9). The molecule has 298 valence electrons. The maximum absolute atomic E-state index is 10.1. The van der Waals surface area contributed by atoms with Crippen molar-refractivity contribution in [2.75, 3.05) is 0 Å². The van der Waals surface area contributed by atoms with Crippen LogP contribution in [-0.4, -0.2) is 22.2 Å². The van der Waals surface area contributed by atoms with E-state index in [4.69, 9.17) is 10.2 Å². The van der Waals surface area contributed by atoms with Crippen molar-refractivity contribution in [1.29, 1.82) is 0 Å². The quantitative estimate of drug-likeness (QED) is 0.325. The zero-order valence-electron chi connectivity index (χ0n) is 36.2. The van der Waals surface area contributed by atoms with E-state index in [9.17, 15) is 9.59 Å². The Morgan fingerprint density at radius 1 is 0.203 bits per heavy atom. The molecular formula is C65H14O4. The van der Waals surface area contributed by atoms with Gasteiger partial charge in [0.05, 0.1) is 0 Å². The van der Waals surface area contributed by atoms with Gasteiger partial charge in [0.2, 0.25) is 0 Å². The predicted molar refractivity (Wildman–Crippen MR) is 266 cm³/mol. The minimum atomic E-state index is -1.67. The van der Waals surface area contributed by atoms with Crippen molar-refractivity contribution >= 4 is 11.9 Å². The fourth-order valence-corrected chi connectivity index (χ4v) is 1.90. The first-order valence-corrected chi connectivity index (χ1v) is 17.6. The number of carbonyl (C=O) groups is 2. The Kier molecular flexibility index (Phi) is 40.3. The van der Waals surface area contributed by atoms with E-state index in [0.717, 1.165) is 13.8 Å². The fraction of sp³-hybridized carbons (Fsp3) is 0.0769. The van der Waals surface area contributed by atoms with E-state index in [2.05, 4.69) is 343 Å². The van der Waals surface area contributed by atoms with Gasteiger partial charge >= 0.3 is 11.9 Å². The molecule has 0 heterocycles. The number of aliphatic carboxylic acids is 2. The van der Waals surface area contributed by atoms with Gasteiger partial charge in [-0.05, 0) is 122 Å². The van der Waals surface area contributed by atoms with Crippen molar-refractivity contribution in [3.63, 3.8) is 0 Å². The molecule has 0 saturated heterocycles. The topological polar surface area (TPSA) is 74.6 Å². The summed E-state index contributed by atoms with van der Waals surface area (Å²) in [5.74, 6) is 143. The molecule has 0 radical (unpaired) electrons. The molecule has 0 aliphatic heterocycles. The van der Waals surface area contributed by atoms with Gasteiger partial charge in [0.15, 0.2) is 5.41 Å². The molecule has 0 aliphatic carbocycles. The molecule has 0 fully saturated rings. The lowest BCUT2D eigenvalue weighted by molar-refractivity contribution is -0.161. The summed E-state index contributed by atoms with van der Waals surface area (Å²) in [6.07, 6.45) is 0. The molecule has 0 aromatic rings. The summed E-state index contributed by atoms with van der Waals surface area (Å²) < 4.78 is 0. The van der Waals surface area contributed by atoms with Crippen molar-refractivity contribution < 1.29 is 19.8 Å². The number of carboxylic acids is 2. The molecule has 0 saturated carbocycles. The summed E-state index contributed by atoms with van der Waals surface area (Å²) in [5.41, 5.74) is -1.67. The molecule has 0 aromatic heterocycles. The number of carboxylic acid groups (broad SMARTS) is 2. The highest BCUT2D eigenvalue weighted by atomic mass is 16.4. The molecular weight excluding hydrogens is 845 g/mol. The first kappa shape index (κ1) is 57.3. The predicted octanol–water partition coefficient (Wildman–Crippen LogP) is 1.31. The van der Waals surface area contributed by atoms with Crippen molar-refractivity contribution in [3.05, 3.63) is 0 Å². The molecule has 2 N–H and O–H groups in total. The van der Waals surface area contributed by atoms with Crippen LogP contribution in [-0.2, 0) is 9.59 Å². The second-order valence-corrected chi connectivity index (χ2v) is 9.74. The summed E-state index contributed by atoms with van der Waals surface area (Å²) in [7, 11) is 0. The van der Waals surface area contributed by atoms with E-state index in [1.165, 1.54) is 0 Å². The summed E-state index contributed by atoms with van der Waals surface area (Å²) in [6.45, 7) is 5.65. The maximum Gasteiger partial charge on any atom is 0.320 e. The molecule has 0 bridgehead atoms. The monoisotopic (exact) mass is 858 g/mol.